The third-order valence-electron chi connectivity index (χ3n) is 2.71. The van der Waals surface area contributed by atoms with Gasteiger partial charge >= 0.3 is 0 Å². The summed E-state index contributed by atoms with van der Waals surface area (Å²) < 4.78 is 5.25. The number of fused-ring (bicyclic) bond motifs is 1. The van der Waals surface area contributed by atoms with Crippen molar-refractivity contribution in [1.82, 2.24) is 4.98 Å². The molecule has 0 saturated carbocycles. The zero-order valence-electron chi connectivity index (χ0n) is 10.2. The number of hydrogen-bond acceptors (Lipinski definition) is 2. The maximum absolute atomic E-state index is 5.25. The standard InChI is InChI=1S/C14H17NO/c1-14(2,3)11-9-13(16-4)15-12-8-6-5-7-10(11)12/h5-9H,1-4H3. The highest BCUT2D eigenvalue weighted by molar-refractivity contribution is 5.83. The fourth-order valence-electron chi connectivity index (χ4n) is 1.88. The van der Waals surface area contributed by atoms with Gasteiger partial charge in [-0.2, -0.15) is 0 Å². The van der Waals surface area contributed by atoms with E-state index in [1.807, 2.05) is 24.3 Å². The van der Waals surface area contributed by atoms with Crippen LogP contribution in [0, 0.1) is 0 Å². The maximum atomic E-state index is 5.25. The highest BCUT2D eigenvalue weighted by Gasteiger charge is 2.18. The van der Waals surface area contributed by atoms with Crippen molar-refractivity contribution < 1.29 is 4.74 Å². The maximum Gasteiger partial charge on any atom is 0.213 e. The third kappa shape index (κ3) is 1.87. The summed E-state index contributed by atoms with van der Waals surface area (Å²) in [4.78, 5) is 4.45. The molecule has 0 aliphatic heterocycles. The van der Waals surface area contributed by atoms with Crippen molar-refractivity contribution in [3.05, 3.63) is 35.9 Å². The van der Waals surface area contributed by atoms with Crippen molar-refractivity contribution in [3.8, 4) is 5.88 Å². The zero-order chi connectivity index (χ0) is 11.8. The van der Waals surface area contributed by atoms with Crippen LogP contribution < -0.4 is 4.74 Å². The Hall–Kier alpha value is -1.57. The van der Waals surface area contributed by atoms with Crippen LogP contribution in [0.3, 0.4) is 0 Å². The first-order chi connectivity index (χ1) is 7.52. The van der Waals surface area contributed by atoms with Crippen LogP contribution in [0.15, 0.2) is 30.3 Å². The number of para-hydroxylation sites is 1. The second kappa shape index (κ2) is 3.78. The number of nitrogens with zero attached hydrogens (tertiary/aromatic N) is 1. The molecule has 16 heavy (non-hydrogen) atoms. The quantitative estimate of drug-likeness (QED) is 0.726. The van der Waals surface area contributed by atoms with Crippen LogP contribution in [-0.2, 0) is 5.41 Å². The summed E-state index contributed by atoms with van der Waals surface area (Å²) in [5, 5.41) is 1.20. The van der Waals surface area contributed by atoms with E-state index in [0.29, 0.717) is 5.88 Å². The molecular formula is C14H17NO. The Kier molecular flexibility index (Phi) is 2.58. The molecule has 2 heteroatoms. The van der Waals surface area contributed by atoms with E-state index in [1.165, 1.54) is 10.9 Å². The molecule has 0 spiro atoms. The molecule has 0 aliphatic carbocycles. The predicted octanol–water partition coefficient (Wildman–Crippen LogP) is 3.54. The number of pyridine rings is 1. The molecule has 0 N–H and O–H groups in total. The second-order valence-corrected chi connectivity index (χ2v) is 4.98. The molecule has 0 atom stereocenters. The van der Waals surface area contributed by atoms with E-state index < -0.39 is 0 Å². The van der Waals surface area contributed by atoms with Gasteiger partial charge in [-0.05, 0) is 17.0 Å². The van der Waals surface area contributed by atoms with Gasteiger partial charge in [0.05, 0.1) is 12.6 Å². The summed E-state index contributed by atoms with van der Waals surface area (Å²) in [5.41, 5.74) is 2.36. The summed E-state index contributed by atoms with van der Waals surface area (Å²) in [6, 6.07) is 10.2. The summed E-state index contributed by atoms with van der Waals surface area (Å²) in [7, 11) is 1.66. The molecule has 0 bridgehead atoms. The fourth-order valence-corrected chi connectivity index (χ4v) is 1.88. The summed E-state index contributed by atoms with van der Waals surface area (Å²) >= 11 is 0. The van der Waals surface area contributed by atoms with Crippen molar-refractivity contribution in [3.63, 3.8) is 0 Å². The Morgan fingerprint density at radius 2 is 1.81 bits per heavy atom. The number of ether oxygens (including phenoxy) is 1. The molecule has 1 aromatic heterocycles. The van der Waals surface area contributed by atoms with Gasteiger partial charge in [0.15, 0.2) is 0 Å². The first kappa shape index (κ1) is 10.9. The Labute approximate surface area is 96.3 Å². The van der Waals surface area contributed by atoms with Crippen molar-refractivity contribution >= 4 is 10.9 Å². The smallest absolute Gasteiger partial charge is 0.213 e. The molecule has 0 unspecified atom stereocenters. The Bertz CT molecular complexity index is 512. The first-order valence-electron chi connectivity index (χ1n) is 5.46. The van der Waals surface area contributed by atoms with Crippen LogP contribution in [0.4, 0.5) is 0 Å². The van der Waals surface area contributed by atoms with Gasteiger partial charge < -0.3 is 4.74 Å². The Morgan fingerprint density at radius 3 is 2.44 bits per heavy atom. The van der Waals surface area contributed by atoms with Crippen molar-refractivity contribution in [2.45, 2.75) is 26.2 Å². The van der Waals surface area contributed by atoms with Gasteiger partial charge in [0.2, 0.25) is 5.88 Å². The topological polar surface area (TPSA) is 22.1 Å². The van der Waals surface area contributed by atoms with E-state index >= 15 is 0 Å². The normalized spacial score (nSPS) is 11.8. The monoisotopic (exact) mass is 215 g/mol. The fraction of sp³-hybridized carbons (Fsp3) is 0.357. The van der Waals surface area contributed by atoms with Crippen LogP contribution in [-0.4, -0.2) is 12.1 Å². The van der Waals surface area contributed by atoms with E-state index in [4.69, 9.17) is 4.74 Å². The molecule has 2 aromatic rings. The minimum absolute atomic E-state index is 0.0931. The summed E-state index contributed by atoms with van der Waals surface area (Å²) in [5.74, 6) is 0.684. The van der Waals surface area contributed by atoms with E-state index in [1.54, 1.807) is 7.11 Å². The van der Waals surface area contributed by atoms with Crippen LogP contribution in [0.25, 0.3) is 10.9 Å². The number of hydrogen-bond donors (Lipinski definition) is 0. The van der Waals surface area contributed by atoms with Gasteiger partial charge in [-0.15, -0.1) is 0 Å². The lowest BCUT2D eigenvalue weighted by atomic mass is 9.85. The zero-order valence-corrected chi connectivity index (χ0v) is 10.2. The van der Waals surface area contributed by atoms with Gasteiger partial charge in [-0.25, -0.2) is 4.98 Å². The highest BCUT2D eigenvalue weighted by atomic mass is 16.5. The van der Waals surface area contributed by atoms with Gasteiger partial charge in [0.25, 0.3) is 0 Å². The molecule has 1 heterocycles. The van der Waals surface area contributed by atoms with E-state index in [0.717, 1.165) is 5.52 Å². The van der Waals surface area contributed by atoms with Crippen LogP contribution in [0.2, 0.25) is 0 Å². The average molecular weight is 215 g/mol. The molecular weight excluding hydrogens is 198 g/mol. The lowest BCUT2D eigenvalue weighted by Crippen LogP contribution is -2.12. The van der Waals surface area contributed by atoms with Crippen molar-refractivity contribution in [2.75, 3.05) is 7.11 Å². The molecule has 0 fully saturated rings. The molecule has 2 rings (SSSR count). The van der Waals surface area contributed by atoms with E-state index in [-0.39, 0.29) is 5.41 Å². The highest BCUT2D eigenvalue weighted by Crippen LogP contribution is 2.31. The van der Waals surface area contributed by atoms with E-state index in [9.17, 15) is 0 Å². The molecule has 0 aliphatic rings. The Balaban J connectivity index is 2.79. The number of aromatic nitrogens is 1. The van der Waals surface area contributed by atoms with Gasteiger partial charge in [0, 0.05) is 11.5 Å². The third-order valence-corrected chi connectivity index (χ3v) is 2.71. The number of rotatable bonds is 1. The lowest BCUT2D eigenvalue weighted by molar-refractivity contribution is 0.397. The summed E-state index contributed by atoms with van der Waals surface area (Å²) in [6.07, 6.45) is 0. The molecule has 84 valence electrons. The van der Waals surface area contributed by atoms with Crippen LogP contribution >= 0.6 is 0 Å². The molecule has 0 amide bonds. The lowest BCUT2D eigenvalue weighted by Gasteiger charge is -2.21. The average Bonchev–Trinajstić information content (AvgIpc) is 2.26. The van der Waals surface area contributed by atoms with Gasteiger partial charge in [0.1, 0.15) is 0 Å². The van der Waals surface area contributed by atoms with Gasteiger partial charge in [-0.1, -0.05) is 39.0 Å². The molecule has 0 saturated heterocycles. The van der Waals surface area contributed by atoms with E-state index in [2.05, 4.69) is 31.8 Å². The van der Waals surface area contributed by atoms with Crippen LogP contribution in [0.1, 0.15) is 26.3 Å². The SMILES string of the molecule is COc1cc(C(C)(C)C)c2ccccc2n1. The number of benzene rings is 1. The first-order valence-corrected chi connectivity index (χ1v) is 5.46. The van der Waals surface area contributed by atoms with Gasteiger partial charge in [-0.3, -0.25) is 0 Å². The minimum atomic E-state index is 0.0931. The van der Waals surface area contributed by atoms with Crippen LogP contribution in [0.5, 0.6) is 5.88 Å². The van der Waals surface area contributed by atoms with Crippen molar-refractivity contribution in [2.24, 2.45) is 0 Å². The largest absolute Gasteiger partial charge is 0.481 e. The molecule has 0 radical (unpaired) electrons. The number of methoxy groups -OCH3 is 1. The summed E-state index contributed by atoms with van der Waals surface area (Å²) in [6.45, 7) is 6.61. The predicted molar refractivity (Wildman–Crippen MR) is 67.0 cm³/mol. The Morgan fingerprint density at radius 1 is 1.12 bits per heavy atom. The minimum Gasteiger partial charge on any atom is -0.481 e. The van der Waals surface area contributed by atoms with Crippen molar-refractivity contribution in [1.29, 1.82) is 0 Å². The second-order valence-electron chi connectivity index (χ2n) is 4.98. The molecule has 2 nitrogen and oxygen atoms in total. The molecule has 1 aromatic carbocycles.